The van der Waals surface area contributed by atoms with Crippen LogP contribution in [0.4, 0.5) is 13.2 Å². The molecule has 0 aliphatic carbocycles. The quantitative estimate of drug-likeness (QED) is 0.665. The van der Waals surface area contributed by atoms with Gasteiger partial charge in [0, 0.05) is 22.3 Å². The maximum atomic E-state index is 12.7. The molecule has 0 radical (unpaired) electrons. The van der Waals surface area contributed by atoms with E-state index in [9.17, 15) is 13.2 Å². The molecule has 1 aromatic rings. The summed E-state index contributed by atoms with van der Waals surface area (Å²) in [7, 11) is 0. The maximum absolute atomic E-state index is 12.7. The van der Waals surface area contributed by atoms with Crippen LogP contribution in [0.1, 0.15) is 24.5 Å². The number of hydrogen-bond donors (Lipinski definition) is 2. The van der Waals surface area contributed by atoms with E-state index in [2.05, 4.69) is 0 Å². The van der Waals surface area contributed by atoms with Gasteiger partial charge in [-0.15, -0.1) is 11.8 Å². The molecule has 2 unspecified atom stereocenters. The average Bonchev–Trinajstić information content (AvgIpc) is 2.74. The summed E-state index contributed by atoms with van der Waals surface area (Å²) in [5, 5.41) is 7.64. The van der Waals surface area contributed by atoms with Gasteiger partial charge in [0.25, 0.3) is 0 Å². The van der Waals surface area contributed by atoms with Crippen LogP contribution >= 0.6 is 11.8 Å². The molecule has 0 aromatic heterocycles. The normalized spacial score (nSPS) is 23.0. The predicted molar refractivity (Wildman–Crippen MR) is 72.1 cm³/mol. The van der Waals surface area contributed by atoms with Crippen LogP contribution in [0.3, 0.4) is 0 Å². The first-order valence-corrected chi connectivity index (χ1v) is 7.01. The molecule has 2 atom stereocenters. The third-order valence-corrected chi connectivity index (χ3v) is 4.71. The van der Waals surface area contributed by atoms with Crippen LogP contribution in [0.25, 0.3) is 0 Å². The number of benzene rings is 1. The molecule has 3 nitrogen and oxygen atoms in total. The molecular formula is C13H15F3N2OS. The fraction of sp³-hybridized carbons (Fsp3) is 0.462. The summed E-state index contributed by atoms with van der Waals surface area (Å²) >= 11 is 1.42. The number of hydrogen-bond acceptors (Lipinski definition) is 3. The molecule has 0 spiro atoms. The zero-order valence-corrected chi connectivity index (χ0v) is 11.6. The summed E-state index contributed by atoms with van der Waals surface area (Å²) in [5.74, 6) is -0.356. The minimum atomic E-state index is -4.43. The van der Waals surface area contributed by atoms with Crippen molar-refractivity contribution in [3.05, 3.63) is 29.3 Å². The number of rotatable bonds is 3. The van der Waals surface area contributed by atoms with Crippen LogP contribution in [0.2, 0.25) is 0 Å². The lowest BCUT2D eigenvalue weighted by atomic mass is 10.1. The van der Waals surface area contributed by atoms with E-state index >= 15 is 0 Å². The number of nitrogen functional groups attached to an aromatic ring is 1. The van der Waals surface area contributed by atoms with Gasteiger partial charge in [0.15, 0.2) is 0 Å². The van der Waals surface area contributed by atoms with Gasteiger partial charge in [-0.25, -0.2) is 0 Å². The van der Waals surface area contributed by atoms with Crippen LogP contribution in [0.15, 0.2) is 23.1 Å². The molecule has 1 heterocycles. The van der Waals surface area contributed by atoms with Crippen molar-refractivity contribution in [3.63, 3.8) is 0 Å². The first-order valence-electron chi connectivity index (χ1n) is 6.13. The zero-order valence-electron chi connectivity index (χ0n) is 10.8. The first kappa shape index (κ1) is 15.2. The fourth-order valence-electron chi connectivity index (χ4n) is 2.05. The van der Waals surface area contributed by atoms with E-state index in [4.69, 9.17) is 15.9 Å². The number of alkyl halides is 3. The highest BCUT2D eigenvalue weighted by molar-refractivity contribution is 8.00. The van der Waals surface area contributed by atoms with Crippen molar-refractivity contribution >= 4 is 17.6 Å². The van der Waals surface area contributed by atoms with Crippen molar-refractivity contribution in [1.29, 1.82) is 5.41 Å². The number of nitrogens with two attached hydrogens (primary N) is 1. The van der Waals surface area contributed by atoms with Gasteiger partial charge in [0.1, 0.15) is 5.84 Å². The van der Waals surface area contributed by atoms with Gasteiger partial charge in [-0.05, 0) is 31.5 Å². The average molecular weight is 304 g/mol. The maximum Gasteiger partial charge on any atom is 0.416 e. The molecule has 0 amide bonds. The Balaban J connectivity index is 2.31. The third kappa shape index (κ3) is 3.27. The van der Waals surface area contributed by atoms with E-state index in [0.29, 0.717) is 11.5 Å². The number of halogens is 3. The van der Waals surface area contributed by atoms with Gasteiger partial charge in [-0.1, -0.05) is 0 Å². The molecule has 20 heavy (non-hydrogen) atoms. The lowest BCUT2D eigenvalue weighted by Gasteiger charge is -2.17. The first-order chi connectivity index (χ1) is 9.29. The lowest BCUT2D eigenvalue weighted by molar-refractivity contribution is -0.137. The van der Waals surface area contributed by atoms with Crippen molar-refractivity contribution in [2.24, 2.45) is 5.73 Å². The highest BCUT2D eigenvalue weighted by Crippen LogP contribution is 2.37. The van der Waals surface area contributed by atoms with Crippen LogP contribution in [-0.2, 0) is 10.9 Å². The molecule has 110 valence electrons. The molecule has 1 saturated heterocycles. The Hall–Kier alpha value is -1.21. The van der Waals surface area contributed by atoms with E-state index in [1.54, 1.807) is 0 Å². The van der Waals surface area contributed by atoms with Crippen molar-refractivity contribution < 1.29 is 17.9 Å². The largest absolute Gasteiger partial charge is 0.416 e. The Kier molecular flexibility index (Phi) is 4.29. The number of thioether (sulfide) groups is 1. The van der Waals surface area contributed by atoms with Crippen molar-refractivity contribution in [2.45, 2.75) is 35.8 Å². The minimum Gasteiger partial charge on any atom is -0.384 e. The molecule has 1 aliphatic rings. The molecule has 1 fully saturated rings. The van der Waals surface area contributed by atoms with Gasteiger partial charge in [0.05, 0.1) is 11.7 Å². The van der Waals surface area contributed by atoms with E-state index in [1.807, 2.05) is 6.92 Å². The van der Waals surface area contributed by atoms with Gasteiger partial charge in [-0.2, -0.15) is 13.2 Å². The Bertz CT molecular complexity index is 519. The Labute approximate surface area is 119 Å². The summed E-state index contributed by atoms with van der Waals surface area (Å²) in [6, 6.07) is 3.34. The van der Waals surface area contributed by atoms with Gasteiger partial charge in [-0.3, -0.25) is 5.41 Å². The van der Waals surface area contributed by atoms with Crippen LogP contribution in [-0.4, -0.2) is 23.8 Å². The topological polar surface area (TPSA) is 59.1 Å². The number of ether oxygens (including phenoxy) is 1. The van der Waals surface area contributed by atoms with Crippen molar-refractivity contribution in [2.75, 3.05) is 6.61 Å². The molecule has 7 heteroatoms. The van der Waals surface area contributed by atoms with Gasteiger partial charge >= 0.3 is 6.18 Å². The lowest BCUT2D eigenvalue weighted by Crippen LogP contribution is -2.17. The Morgan fingerprint density at radius 2 is 2.15 bits per heavy atom. The molecule has 3 N–H and O–H groups in total. The Morgan fingerprint density at radius 3 is 2.65 bits per heavy atom. The van der Waals surface area contributed by atoms with Crippen LogP contribution < -0.4 is 5.73 Å². The van der Waals surface area contributed by atoms with E-state index < -0.39 is 11.7 Å². The van der Waals surface area contributed by atoms with Crippen molar-refractivity contribution in [1.82, 2.24) is 0 Å². The zero-order chi connectivity index (χ0) is 14.9. The Morgan fingerprint density at radius 1 is 1.45 bits per heavy atom. The molecule has 1 aromatic carbocycles. The highest BCUT2D eigenvalue weighted by atomic mass is 32.2. The molecule has 2 rings (SSSR count). The second kappa shape index (κ2) is 5.65. The van der Waals surface area contributed by atoms with Crippen LogP contribution in [0, 0.1) is 5.41 Å². The predicted octanol–water partition coefficient (Wildman–Crippen LogP) is 3.26. The molecule has 1 aliphatic heterocycles. The van der Waals surface area contributed by atoms with Gasteiger partial charge < -0.3 is 10.5 Å². The van der Waals surface area contributed by atoms with Crippen molar-refractivity contribution in [3.8, 4) is 0 Å². The minimum absolute atomic E-state index is 0.0436. The summed E-state index contributed by atoms with van der Waals surface area (Å²) in [6.45, 7) is 2.58. The van der Waals surface area contributed by atoms with E-state index in [-0.39, 0.29) is 22.8 Å². The van der Waals surface area contributed by atoms with Crippen LogP contribution in [0.5, 0.6) is 0 Å². The molecule has 0 bridgehead atoms. The summed E-state index contributed by atoms with van der Waals surface area (Å²) < 4.78 is 43.5. The highest BCUT2D eigenvalue weighted by Gasteiger charge is 2.32. The third-order valence-electron chi connectivity index (χ3n) is 3.18. The second-order valence-corrected chi connectivity index (χ2v) is 5.92. The monoisotopic (exact) mass is 304 g/mol. The smallest absolute Gasteiger partial charge is 0.384 e. The molecule has 0 saturated carbocycles. The number of amidine groups is 1. The standard InChI is InChI=1S/C13H15F3N2OS/c1-7-10(4-5-19-7)20-11-3-2-8(13(14,15)16)6-9(11)12(17)18/h2-3,6-7,10H,4-5H2,1H3,(H3,17,18). The fourth-order valence-corrected chi connectivity index (χ4v) is 3.30. The summed E-state index contributed by atoms with van der Waals surface area (Å²) in [6.07, 6.45) is -3.55. The van der Waals surface area contributed by atoms with E-state index in [0.717, 1.165) is 18.6 Å². The summed E-state index contributed by atoms with van der Waals surface area (Å²) in [4.78, 5) is 0.591. The number of nitrogens with one attached hydrogen (secondary N) is 1. The second-order valence-electron chi connectivity index (χ2n) is 4.64. The SMILES string of the molecule is CC1OCCC1Sc1ccc(C(F)(F)F)cc1C(=N)N. The van der Waals surface area contributed by atoms with E-state index in [1.165, 1.54) is 17.8 Å². The summed E-state index contributed by atoms with van der Waals surface area (Å²) in [5.41, 5.74) is 4.75. The molecular weight excluding hydrogens is 289 g/mol. The van der Waals surface area contributed by atoms with Gasteiger partial charge in [0.2, 0.25) is 0 Å².